The van der Waals surface area contributed by atoms with Gasteiger partial charge in [-0.05, 0) is 50.5 Å². The fraction of sp³-hybridized carbons (Fsp3) is 0. The Hall–Kier alpha value is -3.65. The van der Waals surface area contributed by atoms with Crippen LogP contribution in [0.2, 0.25) is 0 Å². The highest BCUT2D eigenvalue weighted by Gasteiger charge is 2.13. The van der Waals surface area contributed by atoms with E-state index >= 15 is 0 Å². The van der Waals surface area contributed by atoms with Gasteiger partial charge in [0.25, 0.3) is 5.56 Å². The summed E-state index contributed by atoms with van der Waals surface area (Å²) in [6.07, 6.45) is 0. The third-order valence-corrected chi connectivity index (χ3v) is 5.55. The van der Waals surface area contributed by atoms with Crippen LogP contribution in [-0.2, 0) is 0 Å². The fourth-order valence-electron chi connectivity index (χ4n) is 4.35. The number of pyridine rings is 1. The maximum absolute atomic E-state index is 12.9. The molecular weight excluding hydrogens is 330 g/mol. The summed E-state index contributed by atoms with van der Waals surface area (Å²) < 4.78 is 1.83. The number of fused-ring (bicyclic) bond motifs is 1. The third-order valence-electron chi connectivity index (χ3n) is 5.55. The van der Waals surface area contributed by atoms with E-state index in [9.17, 15) is 4.79 Å². The second-order valence-corrected chi connectivity index (χ2v) is 7.01. The predicted molar refractivity (Wildman–Crippen MR) is 113 cm³/mol. The molecule has 0 fully saturated rings. The zero-order valence-corrected chi connectivity index (χ0v) is 14.5. The van der Waals surface area contributed by atoms with Crippen LogP contribution in [0, 0.1) is 0 Å². The Morgan fingerprint density at radius 1 is 0.519 bits per heavy atom. The molecule has 0 spiro atoms. The molecule has 0 saturated carbocycles. The van der Waals surface area contributed by atoms with Crippen LogP contribution in [0.4, 0.5) is 0 Å². The lowest BCUT2D eigenvalue weighted by atomic mass is 9.93. The smallest absolute Gasteiger partial charge is 0.255 e. The van der Waals surface area contributed by atoms with Gasteiger partial charge < -0.3 is 0 Å². The van der Waals surface area contributed by atoms with Gasteiger partial charge in [0.05, 0.1) is 11.2 Å². The molecule has 0 saturated heterocycles. The summed E-state index contributed by atoms with van der Waals surface area (Å²) in [7, 11) is 0. The molecule has 0 bridgehead atoms. The van der Waals surface area contributed by atoms with Gasteiger partial charge in [-0.3, -0.25) is 9.36 Å². The van der Waals surface area contributed by atoms with E-state index in [2.05, 4.69) is 54.6 Å². The number of rotatable bonds is 1. The lowest BCUT2D eigenvalue weighted by Gasteiger charge is -2.16. The van der Waals surface area contributed by atoms with Crippen molar-refractivity contribution in [2.24, 2.45) is 0 Å². The lowest BCUT2D eigenvalue weighted by molar-refractivity contribution is 1.06. The molecule has 1 aromatic heterocycles. The van der Waals surface area contributed by atoms with Crippen LogP contribution in [0.3, 0.4) is 0 Å². The molecule has 5 aromatic carbocycles. The molecule has 0 radical (unpaired) electrons. The number of hydrogen-bond donors (Lipinski definition) is 0. The first-order valence-electron chi connectivity index (χ1n) is 9.09. The van der Waals surface area contributed by atoms with Crippen LogP contribution in [0.5, 0.6) is 0 Å². The Balaban J connectivity index is 1.86. The van der Waals surface area contributed by atoms with E-state index in [1.807, 2.05) is 34.9 Å². The molecular formula is C25H15NO. The van der Waals surface area contributed by atoms with Crippen molar-refractivity contribution in [1.82, 2.24) is 4.57 Å². The molecule has 0 aliphatic carbocycles. The van der Waals surface area contributed by atoms with Gasteiger partial charge >= 0.3 is 0 Å². The van der Waals surface area contributed by atoms with Crippen molar-refractivity contribution in [3.8, 4) is 5.69 Å². The highest BCUT2D eigenvalue weighted by atomic mass is 16.1. The monoisotopic (exact) mass is 345 g/mol. The predicted octanol–water partition coefficient (Wildman–Crippen LogP) is 5.89. The highest BCUT2D eigenvalue weighted by molar-refractivity contribution is 6.24. The minimum absolute atomic E-state index is 0.0104. The molecule has 0 aliphatic heterocycles. The molecule has 2 heteroatoms. The number of nitrogens with zero attached hydrogens (tertiary/aromatic N) is 1. The van der Waals surface area contributed by atoms with Gasteiger partial charge in [-0.25, -0.2) is 0 Å². The standard InChI is InChI=1S/C25H15NO/c27-23-15-12-16-4-1-2-7-21(16)26(23)22-14-11-19-9-8-17-5-3-6-18-10-13-20(22)25(19)24(17)18/h1-15H. The second kappa shape index (κ2) is 5.18. The Morgan fingerprint density at radius 3 is 2.00 bits per heavy atom. The molecule has 27 heavy (non-hydrogen) atoms. The maximum Gasteiger partial charge on any atom is 0.255 e. The minimum Gasteiger partial charge on any atom is -0.276 e. The topological polar surface area (TPSA) is 22.0 Å². The van der Waals surface area contributed by atoms with E-state index in [1.54, 1.807) is 6.07 Å². The van der Waals surface area contributed by atoms with E-state index in [-0.39, 0.29) is 5.56 Å². The fourth-order valence-corrected chi connectivity index (χ4v) is 4.35. The van der Waals surface area contributed by atoms with E-state index in [0.717, 1.165) is 22.0 Å². The quantitative estimate of drug-likeness (QED) is 0.341. The second-order valence-electron chi connectivity index (χ2n) is 7.01. The van der Waals surface area contributed by atoms with E-state index in [0.29, 0.717) is 0 Å². The maximum atomic E-state index is 12.9. The molecule has 1 heterocycles. The van der Waals surface area contributed by atoms with Crippen molar-refractivity contribution in [3.05, 3.63) is 101 Å². The number of benzene rings is 5. The Labute approximate surface area is 155 Å². The van der Waals surface area contributed by atoms with E-state index in [1.165, 1.54) is 26.9 Å². The minimum atomic E-state index is -0.0104. The van der Waals surface area contributed by atoms with Gasteiger partial charge in [0.1, 0.15) is 0 Å². The van der Waals surface area contributed by atoms with E-state index < -0.39 is 0 Å². The zero-order valence-electron chi connectivity index (χ0n) is 14.5. The Morgan fingerprint density at radius 2 is 1.15 bits per heavy atom. The van der Waals surface area contributed by atoms with Crippen molar-refractivity contribution in [1.29, 1.82) is 0 Å². The van der Waals surface area contributed by atoms with Crippen LogP contribution in [0.15, 0.2) is 95.8 Å². The van der Waals surface area contributed by atoms with Gasteiger partial charge in [-0.15, -0.1) is 0 Å². The Bertz CT molecular complexity index is 1530. The highest BCUT2D eigenvalue weighted by Crippen LogP contribution is 2.37. The zero-order chi connectivity index (χ0) is 18.0. The SMILES string of the molecule is O=c1ccc2ccccc2n1-c1ccc2ccc3cccc4ccc1c2c34. The number of hydrogen-bond acceptors (Lipinski definition) is 1. The molecule has 0 unspecified atom stereocenters. The first-order valence-corrected chi connectivity index (χ1v) is 9.09. The first-order chi connectivity index (χ1) is 13.3. The van der Waals surface area contributed by atoms with Crippen molar-refractivity contribution < 1.29 is 0 Å². The van der Waals surface area contributed by atoms with Crippen LogP contribution >= 0.6 is 0 Å². The van der Waals surface area contributed by atoms with E-state index in [4.69, 9.17) is 0 Å². The van der Waals surface area contributed by atoms with Gasteiger partial charge in [-0.1, -0.05) is 66.7 Å². The summed E-state index contributed by atoms with van der Waals surface area (Å²) in [6, 6.07) is 30.8. The molecule has 6 aromatic rings. The summed E-state index contributed by atoms with van der Waals surface area (Å²) in [4.78, 5) is 12.9. The normalized spacial score (nSPS) is 11.9. The van der Waals surface area contributed by atoms with Gasteiger partial charge in [0.15, 0.2) is 0 Å². The third kappa shape index (κ3) is 1.92. The van der Waals surface area contributed by atoms with Gasteiger partial charge in [-0.2, -0.15) is 0 Å². The Kier molecular flexibility index (Phi) is 2.78. The first kappa shape index (κ1) is 14.5. The van der Waals surface area contributed by atoms with Crippen molar-refractivity contribution in [2.75, 3.05) is 0 Å². The summed E-state index contributed by atoms with van der Waals surface area (Å²) in [6.45, 7) is 0. The lowest BCUT2D eigenvalue weighted by Crippen LogP contribution is -2.17. The molecule has 0 amide bonds. The van der Waals surface area contributed by atoms with Crippen molar-refractivity contribution in [3.63, 3.8) is 0 Å². The molecule has 0 atom stereocenters. The van der Waals surface area contributed by atoms with Crippen LogP contribution in [0.1, 0.15) is 0 Å². The number of aromatic nitrogens is 1. The van der Waals surface area contributed by atoms with Crippen LogP contribution in [-0.4, -0.2) is 4.57 Å². The van der Waals surface area contributed by atoms with Crippen molar-refractivity contribution in [2.45, 2.75) is 0 Å². The summed E-state index contributed by atoms with van der Waals surface area (Å²) in [5, 5.41) is 8.32. The molecule has 6 rings (SSSR count). The van der Waals surface area contributed by atoms with Gasteiger partial charge in [0, 0.05) is 11.5 Å². The molecule has 126 valence electrons. The summed E-state index contributed by atoms with van der Waals surface area (Å²) >= 11 is 0. The molecule has 2 nitrogen and oxygen atoms in total. The van der Waals surface area contributed by atoms with Crippen LogP contribution in [0.25, 0.3) is 48.9 Å². The summed E-state index contributed by atoms with van der Waals surface area (Å²) in [5.74, 6) is 0. The molecule has 0 aliphatic rings. The summed E-state index contributed by atoms with van der Waals surface area (Å²) in [5.41, 5.74) is 1.85. The molecule has 0 N–H and O–H groups in total. The van der Waals surface area contributed by atoms with Gasteiger partial charge in [0.2, 0.25) is 0 Å². The van der Waals surface area contributed by atoms with Crippen molar-refractivity contribution >= 4 is 43.2 Å². The van der Waals surface area contributed by atoms with Crippen LogP contribution < -0.4 is 5.56 Å². The average molecular weight is 345 g/mol. The average Bonchev–Trinajstić information content (AvgIpc) is 2.72. The number of para-hydroxylation sites is 1. The largest absolute Gasteiger partial charge is 0.276 e.